The summed E-state index contributed by atoms with van der Waals surface area (Å²) < 4.78 is 18.6. The van der Waals surface area contributed by atoms with Crippen LogP contribution in [0.3, 0.4) is 0 Å². The molecule has 2 rings (SSSR count). The van der Waals surface area contributed by atoms with Crippen LogP contribution < -0.4 is 10.9 Å². The molecule has 1 aromatic heterocycles. The molecule has 1 unspecified atom stereocenters. The molecule has 0 aliphatic rings. The van der Waals surface area contributed by atoms with Crippen molar-refractivity contribution in [1.29, 1.82) is 0 Å². The number of ether oxygens (including phenoxy) is 1. The Balaban J connectivity index is 2.41. The number of nitrogens with one attached hydrogen (secondary N) is 2. The van der Waals surface area contributed by atoms with Crippen LogP contribution in [0.15, 0.2) is 29.1 Å². The molecule has 1 heterocycles. The van der Waals surface area contributed by atoms with Crippen molar-refractivity contribution in [2.75, 3.05) is 13.2 Å². The zero-order valence-electron chi connectivity index (χ0n) is 20.7. The molecule has 0 radical (unpaired) electrons. The van der Waals surface area contributed by atoms with E-state index < -0.39 is 59.2 Å². The first-order chi connectivity index (χ1) is 16.9. The first-order valence-corrected chi connectivity index (χ1v) is 11.5. The highest BCUT2D eigenvalue weighted by Gasteiger charge is 2.32. The highest BCUT2D eigenvalue weighted by atomic mass is 19.1. The van der Waals surface area contributed by atoms with Gasteiger partial charge in [0.25, 0.3) is 11.5 Å². The summed E-state index contributed by atoms with van der Waals surface area (Å²) in [5, 5.41) is 31.8. The number of amides is 2. The molecule has 11 nitrogen and oxygen atoms in total. The Morgan fingerprint density at radius 3 is 2.42 bits per heavy atom. The van der Waals surface area contributed by atoms with Gasteiger partial charge in [0.2, 0.25) is 5.75 Å². The van der Waals surface area contributed by atoms with E-state index in [4.69, 9.17) is 4.74 Å². The van der Waals surface area contributed by atoms with Gasteiger partial charge in [0, 0.05) is 13.1 Å². The normalized spacial score (nSPS) is 13.1. The SMILES string of the molecule is CCN(C(=O)OC(C)(C)C)C(CC[C@H](O)CO)c1nc(C(=O)NCc2ccc(F)cc2)c(O)c(=O)[nH]1. The van der Waals surface area contributed by atoms with Crippen molar-refractivity contribution < 1.29 is 34.0 Å². The number of aliphatic hydroxyl groups excluding tert-OH is 2. The number of carbonyl (C=O) groups excluding carboxylic acids is 2. The number of carbonyl (C=O) groups is 2. The topological polar surface area (TPSA) is 165 Å². The molecular formula is C24H33FN4O7. The van der Waals surface area contributed by atoms with Gasteiger partial charge in [-0.2, -0.15) is 0 Å². The lowest BCUT2D eigenvalue weighted by Gasteiger charge is -2.32. The standard InChI is InChI=1S/C24H33FN4O7/c1-5-29(23(35)36-24(2,3)4)17(11-10-16(31)13-30)20-27-18(19(32)22(34)28-20)21(33)26-12-14-6-8-15(25)9-7-14/h6-9,16-17,30-32H,5,10-13H2,1-4H3,(H,26,33)(H,27,28,34)/t16-,17?/m0/s1. The van der Waals surface area contributed by atoms with E-state index in [1.54, 1.807) is 27.7 Å². The zero-order chi connectivity index (χ0) is 27.0. The minimum absolute atomic E-state index is 0.0204. The number of H-pyrrole nitrogens is 1. The minimum atomic E-state index is -1.09. The van der Waals surface area contributed by atoms with Crippen molar-refractivity contribution in [3.63, 3.8) is 0 Å². The average Bonchev–Trinajstić information content (AvgIpc) is 2.81. The Hall–Kier alpha value is -3.51. The van der Waals surface area contributed by atoms with Crippen LogP contribution in [0.1, 0.15) is 68.5 Å². The van der Waals surface area contributed by atoms with Crippen molar-refractivity contribution >= 4 is 12.0 Å². The molecule has 0 saturated carbocycles. The second-order valence-corrected chi connectivity index (χ2v) is 9.15. The number of benzene rings is 1. The zero-order valence-corrected chi connectivity index (χ0v) is 20.7. The van der Waals surface area contributed by atoms with Gasteiger partial charge in [-0.3, -0.25) is 14.5 Å². The van der Waals surface area contributed by atoms with Crippen LogP contribution in [0.5, 0.6) is 5.75 Å². The van der Waals surface area contributed by atoms with E-state index in [1.165, 1.54) is 29.2 Å². The largest absolute Gasteiger partial charge is 0.501 e. The Labute approximate surface area is 207 Å². The monoisotopic (exact) mass is 508 g/mol. The van der Waals surface area contributed by atoms with Crippen molar-refractivity contribution in [2.24, 2.45) is 0 Å². The molecule has 0 aliphatic heterocycles. The first kappa shape index (κ1) is 28.7. The molecule has 2 aromatic rings. The van der Waals surface area contributed by atoms with Crippen LogP contribution in [-0.2, 0) is 11.3 Å². The maximum atomic E-state index is 13.1. The Bertz CT molecular complexity index is 1100. The highest BCUT2D eigenvalue weighted by Crippen LogP contribution is 2.26. The Morgan fingerprint density at radius 1 is 1.22 bits per heavy atom. The molecule has 198 valence electrons. The summed E-state index contributed by atoms with van der Waals surface area (Å²) in [5.74, 6) is -2.32. The second kappa shape index (κ2) is 12.5. The summed E-state index contributed by atoms with van der Waals surface area (Å²) in [6.07, 6.45) is -1.71. The van der Waals surface area contributed by atoms with E-state index in [1.807, 2.05) is 0 Å². The minimum Gasteiger partial charge on any atom is -0.501 e. The van der Waals surface area contributed by atoms with E-state index >= 15 is 0 Å². The molecule has 0 bridgehead atoms. The van der Waals surface area contributed by atoms with Gasteiger partial charge in [-0.05, 0) is 58.2 Å². The summed E-state index contributed by atoms with van der Waals surface area (Å²) in [6, 6.07) is 4.43. The van der Waals surface area contributed by atoms with Gasteiger partial charge < -0.3 is 30.4 Å². The third kappa shape index (κ3) is 8.02. The quantitative estimate of drug-likeness (QED) is 0.325. The molecule has 12 heteroatoms. The van der Waals surface area contributed by atoms with E-state index in [-0.39, 0.29) is 31.8 Å². The van der Waals surface area contributed by atoms with Crippen LogP contribution in [0, 0.1) is 5.82 Å². The number of aliphatic hydroxyl groups is 2. The maximum absolute atomic E-state index is 13.1. The number of nitrogens with zero attached hydrogens (tertiary/aromatic N) is 2. The molecule has 1 aromatic carbocycles. The molecule has 0 aliphatic carbocycles. The van der Waals surface area contributed by atoms with Crippen molar-refractivity contribution in [3.05, 3.63) is 57.5 Å². The van der Waals surface area contributed by atoms with Crippen LogP contribution in [-0.4, -0.2) is 67.0 Å². The first-order valence-electron chi connectivity index (χ1n) is 11.5. The van der Waals surface area contributed by atoms with E-state index in [9.17, 15) is 34.1 Å². The molecule has 5 N–H and O–H groups in total. The number of hydrogen-bond donors (Lipinski definition) is 5. The summed E-state index contributed by atoms with van der Waals surface area (Å²) >= 11 is 0. The lowest BCUT2D eigenvalue weighted by Crippen LogP contribution is -2.41. The Morgan fingerprint density at radius 2 is 1.86 bits per heavy atom. The number of aromatic nitrogens is 2. The van der Waals surface area contributed by atoms with Gasteiger partial charge in [-0.15, -0.1) is 0 Å². The average molecular weight is 509 g/mol. The molecule has 0 fully saturated rings. The van der Waals surface area contributed by atoms with Gasteiger partial charge >= 0.3 is 6.09 Å². The molecule has 36 heavy (non-hydrogen) atoms. The van der Waals surface area contributed by atoms with Crippen molar-refractivity contribution in [2.45, 2.75) is 64.8 Å². The van der Waals surface area contributed by atoms with E-state index in [0.717, 1.165) is 0 Å². The van der Waals surface area contributed by atoms with E-state index in [0.29, 0.717) is 5.56 Å². The Kier molecular flexibility index (Phi) is 9.93. The predicted molar refractivity (Wildman–Crippen MR) is 128 cm³/mol. The molecule has 0 spiro atoms. The van der Waals surface area contributed by atoms with Crippen LogP contribution in [0.4, 0.5) is 9.18 Å². The molecule has 0 saturated heterocycles. The summed E-state index contributed by atoms with van der Waals surface area (Å²) in [4.78, 5) is 46.0. The number of aromatic hydroxyl groups is 1. The maximum Gasteiger partial charge on any atom is 0.410 e. The summed E-state index contributed by atoms with van der Waals surface area (Å²) in [6.45, 7) is 6.34. The van der Waals surface area contributed by atoms with E-state index in [2.05, 4.69) is 15.3 Å². The number of rotatable bonds is 10. The van der Waals surface area contributed by atoms with Gasteiger partial charge in [0.15, 0.2) is 5.69 Å². The van der Waals surface area contributed by atoms with Gasteiger partial charge in [-0.1, -0.05) is 12.1 Å². The van der Waals surface area contributed by atoms with Crippen molar-refractivity contribution in [1.82, 2.24) is 20.2 Å². The van der Waals surface area contributed by atoms with Crippen molar-refractivity contribution in [3.8, 4) is 5.75 Å². The van der Waals surface area contributed by atoms with Crippen LogP contribution in [0.25, 0.3) is 0 Å². The summed E-state index contributed by atoms with van der Waals surface area (Å²) in [5.41, 5.74) is -1.81. The number of aromatic amines is 1. The molecular weight excluding hydrogens is 475 g/mol. The number of halogens is 1. The van der Waals surface area contributed by atoms with Gasteiger partial charge in [-0.25, -0.2) is 14.2 Å². The highest BCUT2D eigenvalue weighted by molar-refractivity contribution is 5.94. The third-order valence-corrected chi connectivity index (χ3v) is 5.14. The smallest absolute Gasteiger partial charge is 0.410 e. The fourth-order valence-electron chi connectivity index (χ4n) is 3.35. The molecule has 2 atom stereocenters. The molecule has 2 amide bonds. The predicted octanol–water partition coefficient (Wildman–Crippen LogP) is 1.98. The number of hydrogen-bond acceptors (Lipinski definition) is 8. The fraction of sp³-hybridized carbons (Fsp3) is 0.500. The summed E-state index contributed by atoms with van der Waals surface area (Å²) in [7, 11) is 0. The fourth-order valence-corrected chi connectivity index (χ4v) is 3.35. The van der Waals surface area contributed by atoms with Crippen LogP contribution >= 0.6 is 0 Å². The second-order valence-electron chi connectivity index (χ2n) is 9.15. The van der Waals surface area contributed by atoms with Gasteiger partial charge in [0.1, 0.15) is 17.2 Å². The lowest BCUT2D eigenvalue weighted by molar-refractivity contribution is 0.0121. The lowest BCUT2D eigenvalue weighted by atomic mass is 10.1. The van der Waals surface area contributed by atoms with Crippen LogP contribution in [0.2, 0.25) is 0 Å². The third-order valence-electron chi connectivity index (χ3n) is 5.14. The van der Waals surface area contributed by atoms with Gasteiger partial charge in [0.05, 0.1) is 18.8 Å².